The predicted octanol–water partition coefficient (Wildman–Crippen LogP) is 1.62. The normalized spacial score (nSPS) is 13.9. The summed E-state index contributed by atoms with van der Waals surface area (Å²) in [6, 6.07) is 0. The molecule has 0 fully saturated rings. The molecule has 0 saturated carbocycles. The monoisotopic (exact) mass is 287 g/mol. The zero-order valence-corrected chi connectivity index (χ0v) is 13.8. The standard InChI is InChI=1S/C15H33N3O2/c1-6-16-15(17-8-7-12(2)3)18-9-14(19)11-20-10-13(4)5/h12-14,19H,6-11H2,1-5H3,(H2,16,17,18). The zero-order chi connectivity index (χ0) is 15.4. The van der Waals surface area contributed by atoms with E-state index in [4.69, 9.17) is 4.74 Å². The maximum absolute atomic E-state index is 9.81. The van der Waals surface area contributed by atoms with Gasteiger partial charge in [0.25, 0.3) is 0 Å². The van der Waals surface area contributed by atoms with Gasteiger partial charge in [-0.2, -0.15) is 0 Å². The first-order valence-electron chi connectivity index (χ1n) is 7.73. The minimum Gasteiger partial charge on any atom is -0.389 e. The molecule has 0 rings (SSSR count). The molecule has 0 radical (unpaired) electrons. The molecule has 0 amide bonds. The molecule has 0 aliphatic carbocycles. The highest BCUT2D eigenvalue weighted by Crippen LogP contribution is 1.97. The van der Waals surface area contributed by atoms with Crippen LogP contribution >= 0.6 is 0 Å². The van der Waals surface area contributed by atoms with Gasteiger partial charge in [-0.25, -0.2) is 0 Å². The fourth-order valence-electron chi connectivity index (χ4n) is 1.51. The number of rotatable bonds is 10. The predicted molar refractivity (Wildman–Crippen MR) is 85.1 cm³/mol. The van der Waals surface area contributed by atoms with Crippen molar-refractivity contribution < 1.29 is 9.84 Å². The first-order valence-corrected chi connectivity index (χ1v) is 7.73. The molecule has 5 heteroatoms. The van der Waals surface area contributed by atoms with Crippen LogP contribution in [0, 0.1) is 11.8 Å². The quantitative estimate of drug-likeness (QED) is 0.422. The van der Waals surface area contributed by atoms with Crippen LogP contribution in [0.4, 0.5) is 0 Å². The van der Waals surface area contributed by atoms with Crippen molar-refractivity contribution in [2.75, 3.05) is 32.8 Å². The van der Waals surface area contributed by atoms with Crippen LogP contribution in [-0.4, -0.2) is 50.0 Å². The molecule has 0 heterocycles. The Balaban J connectivity index is 3.98. The highest BCUT2D eigenvalue weighted by Gasteiger charge is 2.05. The molecule has 0 aromatic rings. The number of hydrogen-bond donors (Lipinski definition) is 3. The van der Waals surface area contributed by atoms with Crippen LogP contribution in [0.3, 0.4) is 0 Å². The van der Waals surface area contributed by atoms with Crippen LogP contribution < -0.4 is 10.6 Å². The maximum Gasteiger partial charge on any atom is 0.191 e. The van der Waals surface area contributed by atoms with E-state index in [1.54, 1.807) is 0 Å². The number of nitrogens with one attached hydrogen (secondary N) is 2. The van der Waals surface area contributed by atoms with Crippen molar-refractivity contribution in [3.05, 3.63) is 0 Å². The Morgan fingerprint density at radius 1 is 1.10 bits per heavy atom. The number of nitrogens with zero attached hydrogens (tertiary/aromatic N) is 1. The van der Waals surface area contributed by atoms with Crippen LogP contribution in [0.5, 0.6) is 0 Å². The Kier molecular flexibility index (Phi) is 11.5. The zero-order valence-electron chi connectivity index (χ0n) is 13.8. The van der Waals surface area contributed by atoms with E-state index in [9.17, 15) is 5.11 Å². The maximum atomic E-state index is 9.81. The van der Waals surface area contributed by atoms with Crippen molar-refractivity contribution in [1.82, 2.24) is 10.6 Å². The summed E-state index contributed by atoms with van der Waals surface area (Å²) >= 11 is 0. The first kappa shape index (κ1) is 19.2. The number of aliphatic hydroxyl groups excluding tert-OH is 1. The van der Waals surface area contributed by atoms with Crippen molar-refractivity contribution >= 4 is 5.96 Å². The van der Waals surface area contributed by atoms with Gasteiger partial charge in [0.05, 0.1) is 19.3 Å². The Hall–Kier alpha value is -0.810. The summed E-state index contributed by atoms with van der Waals surface area (Å²) in [4.78, 5) is 4.37. The van der Waals surface area contributed by atoms with Gasteiger partial charge in [0.2, 0.25) is 0 Å². The Bertz CT molecular complexity index is 256. The lowest BCUT2D eigenvalue weighted by Crippen LogP contribution is -2.39. The van der Waals surface area contributed by atoms with E-state index in [0.29, 0.717) is 31.6 Å². The molecule has 3 N–H and O–H groups in total. The average molecular weight is 287 g/mol. The van der Waals surface area contributed by atoms with Crippen molar-refractivity contribution in [1.29, 1.82) is 0 Å². The molecule has 0 aliphatic rings. The molecular formula is C15H33N3O2. The molecule has 0 aliphatic heterocycles. The lowest BCUT2D eigenvalue weighted by molar-refractivity contribution is 0.0301. The molecule has 1 unspecified atom stereocenters. The molecule has 0 bridgehead atoms. The highest BCUT2D eigenvalue weighted by atomic mass is 16.5. The van der Waals surface area contributed by atoms with Crippen LogP contribution in [0.2, 0.25) is 0 Å². The van der Waals surface area contributed by atoms with Crippen LogP contribution in [0.1, 0.15) is 41.0 Å². The molecule has 5 nitrogen and oxygen atoms in total. The van der Waals surface area contributed by atoms with Crippen molar-refractivity contribution in [2.45, 2.75) is 47.1 Å². The van der Waals surface area contributed by atoms with Gasteiger partial charge < -0.3 is 20.5 Å². The fraction of sp³-hybridized carbons (Fsp3) is 0.933. The molecule has 0 aromatic carbocycles. The molecule has 0 spiro atoms. The van der Waals surface area contributed by atoms with Crippen LogP contribution in [0.25, 0.3) is 0 Å². The summed E-state index contributed by atoms with van der Waals surface area (Å²) in [5.41, 5.74) is 0. The third kappa shape index (κ3) is 12.2. The summed E-state index contributed by atoms with van der Waals surface area (Å²) in [5.74, 6) is 1.91. The summed E-state index contributed by atoms with van der Waals surface area (Å²) in [6.45, 7) is 13.7. The van der Waals surface area contributed by atoms with Crippen LogP contribution in [-0.2, 0) is 4.74 Å². The molecular weight excluding hydrogens is 254 g/mol. The summed E-state index contributed by atoms with van der Waals surface area (Å²) in [5, 5.41) is 16.2. The first-order chi connectivity index (χ1) is 9.45. The minimum atomic E-state index is -0.547. The van der Waals surface area contributed by atoms with Crippen molar-refractivity contribution in [2.24, 2.45) is 16.8 Å². The molecule has 120 valence electrons. The third-order valence-electron chi connectivity index (χ3n) is 2.58. The number of guanidine groups is 1. The highest BCUT2D eigenvalue weighted by molar-refractivity contribution is 5.79. The second-order valence-electron chi connectivity index (χ2n) is 5.91. The van der Waals surface area contributed by atoms with Crippen molar-refractivity contribution in [3.8, 4) is 0 Å². The summed E-state index contributed by atoms with van der Waals surface area (Å²) < 4.78 is 5.40. The van der Waals surface area contributed by atoms with E-state index in [1.165, 1.54) is 0 Å². The lowest BCUT2D eigenvalue weighted by Gasteiger charge is -2.14. The smallest absolute Gasteiger partial charge is 0.191 e. The van der Waals surface area contributed by atoms with Gasteiger partial charge in [0.15, 0.2) is 5.96 Å². The molecule has 1 atom stereocenters. The van der Waals surface area contributed by atoms with Gasteiger partial charge in [0, 0.05) is 19.7 Å². The molecule has 20 heavy (non-hydrogen) atoms. The van der Waals surface area contributed by atoms with E-state index in [-0.39, 0.29) is 0 Å². The lowest BCUT2D eigenvalue weighted by atomic mass is 10.1. The Morgan fingerprint density at radius 2 is 1.80 bits per heavy atom. The number of aliphatic imine (C=N–C) groups is 1. The second-order valence-corrected chi connectivity index (χ2v) is 5.91. The SMILES string of the molecule is CCNC(=NCC(O)COCC(C)C)NCCC(C)C. The van der Waals surface area contributed by atoms with E-state index in [2.05, 4.69) is 43.3 Å². The van der Waals surface area contributed by atoms with E-state index < -0.39 is 6.10 Å². The van der Waals surface area contributed by atoms with E-state index >= 15 is 0 Å². The van der Waals surface area contributed by atoms with Crippen molar-refractivity contribution in [3.63, 3.8) is 0 Å². The Labute approximate surface area is 124 Å². The topological polar surface area (TPSA) is 65.9 Å². The van der Waals surface area contributed by atoms with E-state index in [0.717, 1.165) is 25.5 Å². The van der Waals surface area contributed by atoms with E-state index in [1.807, 2.05) is 6.92 Å². The molecule has 0 saturated heterocycles. The number of aliphatic hydroxyl groups is 1. The average Bonchev–Trinajstić information content (AvgIpc) is 2.35. The fourth-order valence-corrected chi connectivity index (χ4v) is 1.51. The van der Waals surface area contributed by atoms with Gasteiger partial charge in [-0.3, -0.25) is 4.99 Å². The van der Waals surface area contributed by atoms with Gasteiger partial charge in [0.1, 0.15) is 0 Å². The third-order valence-corrected chi connectivity index (χ3v) is 2.58. The summed E-state index contributed by atoms with van der Waals surface area (Å²) in [7, 11) is 0. The van der Waals surface area contributed by atoms with Gasteiger partial charge in [-0.15, -0.1) is 0 Å². The van der Waals surface area contributed by atoms with Gasteiger partial charge in [-0.05, 0) is 25.2 Å². The largest absolute Gasteiger partial charge is 0.389 e. The summed E-state index contributed by atoms with van der Waals surface area (Å²) in [6.07, 6.45) is 0.555. The Morgan fingerprint density at radius 3 is 2.35 bits per heavy atom. The number of hydrogen-bond acceptors (Lipinski definition) is 3. The van der Waals surface area contributed by atoms with Gasteiger partial charge in [-0.1, -0.05) is 27.7 Å². The second kappa shape index (κ2) is 12.0. The van der Waals surface area contributed by atoms with Gasteiger partial charge >= 0.3 is 0 Å². The van der Waals surface area contributed by atoms with Crippen LogP contribution in [0.15, 0.2) is 4.99 Å². The molecule has 0 aromatic heterocycles. The number of ether oxygens (including phenoxy) is 1. The minimum absolute atomic E-state index is 0.340.